The number of carbonyl (C=O) groups is 1. The Bertz CT molecular complexity index is 383. The molecule has 1 amide bonds. The molecular formula is C11H23N3O3S. The molecule has 1 saturated heterocycles. The maximum atomic E-state index is 11.8. The van der Waals surface area contributed by atoms with E-state index in [1.807, 2.05) is 6.92 Å². The second-order valence-corrected chi connectivity index (χ2v) is 7.08. The van der Waals surface area contributed by atoms with Crippen molar-refractivity contribution >= 4 is 15.9 Å². The van der Waals surface area contributed by atoms with E-state index in [4.69, 9.17) is 0 Å². The zero-order valence-electron chi connectivity index (χ0n) is 11.3. The molecule has 0 aromatic heterocycles. The second kappa shape index (κ2) is 6.49. The first-order valence-corrected chi connectivity index (χ1v) is 7.94. The maximum absolute atomic E-state index is 11.8. The lowest BCUT2D eigenvalue weighted by Gasteiger charge is -2.31. The Labute approximate surface area is 109 Å². The summed E-state index contributed by atoms with van der Waals surface area (Å²) in [6, 6.07) is 0.319. The van der Waals surface area contributed by atoms with E-state index >= 15 is 0 Å². The number of carbonyl (C=O) groups excluding carboxylic acids is 1. The smallest absolute Gasteiger partial charge is 0.235 e. The van der Waals surface area contributed by atoms with E-state index in [0.717, 1.165) is 23.7 Å². The molecule has 106 valence electrons. The molecule has 7 heteroatoms. The average Bonchev–Trinajstić information content (AvgIpc) is 2.32. The van der Waals surface area contributed by atoms with Gasteiger partial charge in [0.1, 0.15) is 0 Å². The minimum atomic E-state index is -3.29. The van der Waals surface area contributed by atoms with Gasteiger partial charge in [-0.2, -0.15) is 4.31 Å². The Balaban J connectivity index is 2.46. The van der Waals surface area contributed by atoms with Gasteiger partial charge in [0.15, 0.2) is 0 Å². The van der Waals surface area contributed by atoms with Gasteiger partial charge in [0, 0.05) is 19.1 Å². The number of nitrogens with zero attached hydrogens (tertiary/aromatic N) is 1. The van der Waals surface area contributed by atoms with Crippen LogP contribution in [0.1, 0.15) is 26.7 Å². The number of amides is 1. The van der Waals surface area contributed by atoms with E-state index in [0.29, 0.717) is 0 Å². The number of nitrogens with one attached hydrogen (secondary N) is 2. The average molecular weight is 277 g/mol. The highest BCUT2D eigenvalue weighted by atomic mass is 32.2. The molecule has 0 aliphatic carbocycles. The third-order valence-corrected chi connectivity index (χ3v) is 5.12. The first-order valence-electron chi connectivity index (χ1n) is 6.33. The summed E-state index contributed by atoms with van der Waals surface area (Å²) in [5, 5.41) is 6.17. The van der Waals surface area contributed by atoms with Crippen molar-refractivity contribution < 1.29 is 13.2 Å². The summed E-state index contributed by atoms with van der Waals surface area (Å²) in [7, 11) is -1.86. The molecule has 1 rings (SSSR count). The molecule has 1 fully saturated rings. The zero-order valence-corrected chi connectivity index (χ0v) is 12.1. The van der Waals surface area contributed by atoms with Gasteiger partial charge in [-0.15, -0.1) is 0 Å². The molecule has 6 nitrogen and oxygen atoms in total. The van der Waals surface area contributed by atoms with Gasteiger partial charge in [-0.3, -0.25) is 4.79 Å². The third-order valence-electron chi connectivity index (χ3n) is 3.31. The predicted octanol–water partition coefficient (Wildman–Crippen LogP) is -0.475. The fourth-order valence-corrected chi connectivity index (χ4v) is 2.77. The molecule has 0 aromatic rings. The van der Waals surface area contributed by atoms with Crippen molar-refractivity contribution in [3.63, 3.8) is 0 Å². The highest BCUT2D eigenvalue weighted by Gasteiger charge is 2.24. The van der Waals surface area contributed by atoms with Crippen LogP contribution in [0.25, 0.3) is 0 Å². The van der Waals surface area contributed by atoms with Gasteiger partial charge in [-0.25, -0.2) is 8.42 Å². The Kier molecular flexibility index (Phi) is 5.55. The van der Waals surface area contributed by atoms with Gasteiger partial charge in [0.2, 0.25) is 15.9 Å². The normalized spacial score (nSPS) is 25.1. The Morgan fingerprint density at radius 2 is 2.17 bits per heavy atom. The van der Waals surface area contributed by atoms with E-state index in [-0.39, 0.29) is 30.3 Å². The molecule has 1 aliphatic rings. The van der Waals surface area contributed by atoms with Crippen molar-refractivity contribution in [2.75, 3.05) is 25.9 Å². The van der Waals surface area contributed by atoms with E-state index in [1.54, 1.807) is 6.92 Å². The van der Waals surface area contributed by atoms with Crippen molar-refractivity contribution in [3.05, 3.63) is 0 Å². The van der Waals surface area contributed by atoms with Gasteiger partial charge in [0.25, 0.3) is 0 Å². The molecule has 1 aliphatic heterocycles. The molecule has 2 N–H and O–H groups in total. The Hall–Kier alpha value is -0.660. The van der Waals surface area contributed by atoms with E-state index in [1.165, 1.54) is 7.05 Å². The van der Waals surface area contributed by atoms with E-state index in [9.17, 15) is 13.2 Å². The summed E-state index contributed by atoms with van der Waals surface area (Å²) in [6.07, 6.45) is 1.96. The van der Waals surface area contributed by atoms with Gasteiger partial charge in [0.05, 0.1) is 12.3 Å². The van der Waals surface area contributed by atoms with Crippen LogP contribution in [-0.2, 0) is 14.8 Å². The molecule has 0 saturated carbocycles. The van der Waals surface area contributed by atoms with Gasteiger partial charge < -0.3 is 10.6 Å². The van der Waals surface area contributed by atoms with Crippen LogP contribution in [0.5, 0.6) is 0 Å². The lowest BCUT2D eigenvalue weighted by Crippen LogP contribution is -2.53. The minimum absolute atomic E-state index is 0.0121. The van der Waals surface area contributed by atoms with Crippen LogP contribution >= 0.6 is 0 Å². The van der Waals surface area contributed by atoms with Crippen LogP contribution in [0.2, 0.25) is 0 Å². The van der Waals surface area contributed by atoms with Crippen LogP contribution in [-0.4, -0.2) is 56.6 Å². The molecule has 0 aromatic carbocycles. The minimum Gasteiger partial charge on any atom is -0.351 e. The van der Waals surface area contributed by atoms with Crippen molar-refractivity contribution in [1.29, 1.82) is 0 Å². The van der Waals surface area contributed by atoms with Crippen LogP contribution in [0.3, 0.4) is 0 Å². The number of rotatable bonds is 5. The highest BCUT2D eigenvalue weighted by Crippen LogP contribution is 2.08. The highest BCUT2D eigenvalue weighted by molar-refractivity contribution is 7.89. The number of hydrogen-bond donors (Lipinski definition) is 2. The molecule has 2 atom stereocenters. The summed E-state index contributed by atoms with van der Waals surface area (Å²) in [5.74, 6) is -0.229. The second-order valence-electron chi connectivity index (χ2n) is 4.72. The first-order chi connectivity index (χ1) is 8.36. The number of piperidine rings is 1. The van der Waals surface area contributed by atoms with Gasteiger partial charge in [-0.05, 0) is 33.2 Å². The van der Waals surface area contributed by atoms with E-state index < -0.39 is 10.0 Å². The summed E-state index contributed by atoms with van der Waals surface area (Å²) in [6.45, 7) is 4.45. The lowest BCUT2D eigenvalue weighted by atomic mass is 10.00. The van der Waals surface area contributed by atoms with Crippen LogP contribution in [0, 0.1) is 0 Å². The lowest BCUT2D eigenvalue weighted by molar-refractivity contribution is -0.122. The van der Waals surface area contributed by atoms with Crippen molar-refractivity contribution in [2.45, 2.75) is 38.8 Å². The predicted molar refractivity (Wildman–Crippen MR) is 70.7 cm³/mol. The van der Waals surface area contributed by atoms with Crippen LogP contribution < -0.4 is 10.6 Å². The first kappa shape index (κ1) is 15.4. The van der Waals surface area contributed by atoms with E-state index in [2.05, 4.69) is 10.6 Å². The Morgan fingerprint density at radius 3 is 2.72 bits per heavy atom. The third kappa shape index (κ3) is 4.22. The van der Waals surface area contributed by atoms with Crippen molar-refractivity contribution in [2.24, 2.45) is 0 Å². The molecule has 0 radical (unpaired) electrons. The van der Waals surface area contributed by atoms with Crippen molar-refractivity contribution in [1.82, 2.24) is 14.9 Å². The standard InChI is InChI=1S/C11H23N3O3S/c1-4-18(16,17)14(3)8-11(15)13-10-6-5-7-12-9(10)2/h9-10,12H,4-8H2,1-3H3,(H,13,15). The fourth-order valence-electron chi connectivity index (χ4n) is 2.01. The summed E-state index contributed by atoms with van der Waals surface area (Å²) >= 11 is 0. The molecule has 1 heterocycles. The van der Waals surface area contributed by atoms with Gasteiger partial charge >= 0.3 is 0 Å². The monoisotopic (exact) mass is 277 g/mol. The zero-order chi connectivity index (χ0) is 13.8. The molecule has 18 heavy (non-hydrogen) atoms. The molecule has 2 unspecified atom stereocenters. The number of likely N-dealkylation sites (N-methyl/N-ethyl adjacent to an activating group) is 1. The number of hydrogen-bond acceptors (Lipinski definition) is 4. The SMILES string of the molecule is CCS(=O)(=O)N(C)CC(=O)NC1CCCNC1C. The topological polar surface area (TPSA) is 78.5 Å². The quantitative estimate of drug-likeness (QED) is 0.712. The van der Waals surface area contributed by atoms with Crippen molar-refractivity contribution in [3.8, 4) is 0 Å². The summed E-state index contributed by atoms with van der Waals surface area (Å²) < 4.78 is 24.2. The fraction of sp³-hybridized carbons (Fsp3) is 0.909. The Morgan fingerprint density at radius 1 is 1.50 bits per heavy atom. The van der Waals surface area contributed by atoms with Crippen LogP contribution in [0.15, 0.2) is 0 Å². The van der Waals surface area contributed by atoms with Gasteiger partial charge in [-0.1, -0.05) is 0 Å². The number of sulfonamides is 1. The molecule has 0 bridgehead atoms. The largest absolute Gasteiger partial charge is 0.351 e. The molecular weight excluding hydrogens is 254 g/mol. The maximum Gasteiger partial charge on any atom is 0.235 e. The van der Waals surface area contributed by atoms with Crippen LogP contribution in [0.4, 0.5) is 0 Å². The molecule has 0 spiro atoms. The summed E-state index contributed by atoms with van der Waals surface area (Å²) in [4.78, 5) is 11.8. The summed E-state index contributed by atoms with van der Waals surface area (Å²) in [5.41, 5.74) is 0.